The molecule has 3 aromatic rings. The van der Waals surface area contributed by atoms with Gasteiger partial charge in [-0.25, -0.2) is 9.97 Å². The van der Waals surface area contributed by atoms with Crippen LogP contribution >= 0.6 is 0 Å². The molecule has 7 nitrogen and oxygen atoms in total. The van der Waals surface area contributed by atoms with Gasteiger partial charge in [-0.1, -0.05) is 18.2 Å². The first-order valence-electron chi connectivity index (χ1n) is 10.1. The molecule has 2 N–H and O–H groups in total. The summed E-state index contributed by atoms with van der Waals surface area (Å²) in [4.78, 5) is 28.8. The van der Waals surface area contributed by atoms with E-state index >= 15 is 0 Å². The maximum atomic E-state index is 12.6. The van der Waals surface area contributed by atoms with E-state index in [1.54, 1.807) is 0 Å². The van der Waals surface area contributed by atoms with Gasteiger partial charge in [-0.2, -0.15) is 0 Å². The maximum Gasteiger partial charge on any atom is 0.224 e. The topological polar surface area (TPSA) is 77.2 Å². The third-order valence-electron chi connectivity index (χ3n) is 5.51. The minimum Gasteiger partial charge on any atom is -0.361 e. The SMILES string of the molecule is CN(C)c1ncc(CN2CC[C@H](C(=O)NCCc3c[nH]c4ccccc34)C2)cn1. The average Bonchev–Trinajstić information content (AvgIpc) is 3.36. The smallest absolute Gasteiger partial charge is 0.224 e. The molecule has 1 amide bonds. The Morgan fingerprint density at radius 3 is 2.86 bits per heavy atom. The summed E-state index contributed by atoms with van der Waals surface area (Å²) in [5.41, 5.74) is 3.47. The predicted octanol–water partition coefficient (Wildman–Crippen LogP) is 2.20. The fraction of sp³-hybridized carbons (Fsp3) is 0.409. The van der Waals surface area contributed by atoms with E-state index < -0.39 is 0 Å². The zero-order valence-electron chi connectivity index (χ0n) is 17.1. The number of carbonyl (C=O) groups is 1. The van der Waals surface area contributed by atoms with Crippen LogP contribution < -0.4 is 10.2 Å². The fourth-order valence-corrected chi connectivity index (χ4v) is 3.91. The number of fused-ring (bicyclic) bond motifs is 1. The lowest BCUT2D eigenvalue weighted by atomic mass is 10.1. The van der Waals surface area contributed by atoms with Gasteiger partial charge in [-0.05, 0) is 31.0 Å². The Hall–Kier alpha value is -2.93. The van der Waals surface area contributed by atoms with Crippen molar-refractivity contribution in [3.8, 4) is 0 Å². The van der Waals surface area contributed by atoms with E-state index in [0.29, 0.717) is 12.5 Å². The van der Waals surface area contributed by atoms with Crippen molar-refractivity contribution in [1.82, 2.24) is 25.2 Å². The molecule has 0 saturated carbocycles. The second-order valence-corrected chi connectivity index (χ2v) is 7.91. The standard InChI is InChI=1S/C22H28N6O/c1-27(2)22-25-11-16(12-26-22)14-28-10-8-18(15-28)21(29)23-9-7-17-13-24-20-6-4-3-5-19(17)20/h3-6,11-13,18,24H,7-10,14-15H2,1-2H3,(H,23,29)/t18-/m0/s1. The van der Waals surface area contributed by atoms with E-state index in [1.807, 2.05) is 49.7 Å². The zero-order valence-corrected chi connectivity index (χ0v) is 17.1. The first-order valence-corrected chi connectivity index (χ1v) is 10.1. The Bertz CT molecular complexity index is 965. The van der Waals surface area contributed by atoms with Crippen LogP contribution in [0.2, 0.25) is 0 Å². The summed E-state index contributed by atoms with van der Waals surface area (Å²) in [6, 6.07) is 8.26. The van der Waals surface area contributed by atoms with Crippen LogP contribution in [0.3, 0.4) is 0 Å². The lowest BCUT2D eigenvalue weighted by molar-refractivity contribution is -0.124. The Kier molecular flexibility index (Phi) is 5.76. The predicted molar refractivity (Wildman–Crippen MR) is 115 cm³/mol. The molecule has 0 bridgehead atoms. The summed E-state index contributed by atoms with van der Waals surface area (Å²) in [7, 11) is 3.86. The molecular weight excluding hydrogens is 364 g/mol. The summed E-state index contributed by atoms with van der Waals surface area (Å²) in [5.74, 6) is 0.925. The van der Waals surface area contributed by atoms with Crippen LogP contribution in [0.25, 0.3) is 10.9 Å². The molecule has 152 valence electrons. The van der Waals surface area contributed by atoms with Crippen molar-refractivity contribution in [2.75, 3.05) is 38.6 Å². The Labute approximate surface area is 171 Å². The monoisotopic (exact) mass is 392 g/mol. The highest BCUT2D eigenvalue weighted by Gasteiger charge is 2.28. The normalized spacial score (nSPS) is 17.0. The largest absolute Gasteiger partial charge is 0.361 e. The van der Waals surface area contributed by atoms with Gasteiger partial charge < -0.3 is 15.2 Å². The molecular formula is C22H28N6O. The summed E-state index contributed by atoms with van der Waals surface area (Å²) >= 11 is 0. The number of amides is 1. The number of H-pyrrole nitrogens is 1. The Morgan fingerprint density at radius 1 is 1.28 bits per heavy atom. The van der Waals surface area contributed by atoms with Gasteiger partial charge in [-0.15, -0.1) is 0 Å². The third kappa shape index (κ3) is 4.56. The van der Waals surface area contributed by atoms with Gasteiger partial charge in [0.15, 0.2) is 0 Å². The highest BCUT2D eigenvalue weighted by atomic mass is 16.1. The molecule has 1 aliphatic heterocycles. The van der Waals surface area contributed by atoms with Crippen LogP contribution in [-0.4, -0.2) is 59.5 Å². The van der Waals surface area contributed by atoms with Crippen LogP contribution in [-0.2, 0) is 17.8 Å². The molecule has 2 aromatic heterocycles. The van der Waals surface area contributed by atoms with Gasteiger partial charge in [0, 0.05) is 68.8 Å². The highest BCUT2D eigenvalue weighted by Crippen LogP contribution is 2.20. The molecule has 0 unspecified atom stereocenters. The van der Waals surface area contributed by atoms with Crippen molar-refractivity contribution in [3.05, 3.63) is 54.0 Å². The zero-order chi connectivity index (χ0) is 20.2. The maximum absolute atomic E-state index is 12.6. The van der Waals surface area contributed by atoms with E-state index in [-0.39, 0.29) is 11.8 Å². The van der Waals surface area contributed by atoms with Crippen molar-refractivity contribution in [2.45, 2.75) is 19.4 Å². The third-order valence-corrected chi connectivity index (χ3v) is 5.51. The van der Waals surface area contributed by atoms with Gasteiger partial charge in [0.05, 0.1) is 5.92 Å². The number of nitrogens with zero attached hydrogens (tertiary/aromatic N) is 4. The van der Waals surface area contributed by atoms with Gasteiger partial charge in [0.25, 0.3) is 0 Å². The molecule has 1 saturated heterocycles. The van der Waals surface area contributed by atoms with Crippen LogP contribution in [0.1, 0.15) is 17.5 Å². The second-order valence-electron chi connectivity index (χ2n) is 7.91. The second kappa shape index (κ2) is 8.61. The molecule has 0 radical (unpaired) electrons. The molecule has 1 atom stereocenters. The molecule has 29 heavy (non-hydrogen) atoms. The number of hydrogen-bond acceptors (Lipinski definition) is 5. The molecule has 0 aliphatic carbocycles. The van der Waals surface area contributed by atoms with Crippen molar-refractivity contribution < 1.29 is 4.79 Å². The van der Waals surface area contributed by atoms with Crippen LogP contribution in [0, 0.1) is 5.92 Å². The Balaban J connectivity index is 1.24. The van der Waals surface area contributed by atoms with Crippen molar-refractivity contribution in [3.63, 3.8) is 0 Å². The van der Waals surface area contributed by atoms with Gasteiger partial charge in [0.1, 0.15) is 0 Å². The lowest BCUT2D eigenvalue weighted by Crippen LogP contribution is -2.34. The summed E-state index contributed by atoms with van der Waals surface area (Å²) < 4.78 is 0. The van der Waals surface area contributed by atoms with Crippen molar-refractivity contribution >= 4 is 22.8 Å². The number of benzene rings is 1. The molecule has 1 aromatic carbocycles. The number of anilines is 1. The number of hydrogen-bond donors (Lipinski definition) is 2. The average molecular weight is 393 g/mol. The quantitative estimate of drug-likeness (QED) is 0.645. The fourth-order valence-electron chi connectivity index (χ4n) is 3.91. The van der Waals surface area contributed by atoms with E-state index in [4.69, 9.17) is 0 Å². The molecule has 1 aliphatic rings. The Morgan fingerprint density at radius 2 is 2.07 bits per heavy atom. The number of likely N-dealkylation sites (tertiary alicyclic amines) is 1. The molecule has 7 heteroatoms. The van der Waals surface area contributed by atoms with Crippen LogP contribution in [0.4, 0.5) is 5.95 Å². The lowest BCUT2D eigenvalue weighted by Gasteiger charge is -2.16. The highest BCUT2D eigenvalue weighted by molar-refractivity contribution is 5.83. The first kappa shape index (κ1) is 19.4. The number of nitrogens with one attached hydrogen (secondary N) is 2. The minimum atomic E-state index is 0.0555. The number of rotatable bonds is 7. The van der Waals surface area contributed by atoms with E-state index in [2.05, 4.69) is 37.3 Å². The number of para-hydroxylation sites is 1. The van der Waals surface area contributed by atoms with E-state index in [1.165, 1.54) is 10.9 Å². The molecule has 4 rings (SSSR count). The molecule has 1 fully saturated rings. The number of carbonyl (C=O) groups excluding carboxylic acids is 1. The van der Waals surface area contributed by atoms with E-state index in [0.717, 1.165) is 43.6 Å². The molecule has 3 heterocycles. The summed E-state index contributed by atoms with van der Waals surface area (Å²) in [6.07, 6.45) is 7.52. The van der Waals surface area contributed by atoms with Crippen LogP contribution in [0.15, 0.2) is 42.9 Å². The van der Waals surface area contributed by atoms with Crippen LogP contribution in [0.5, 0.6) is 0 Å². The van der Waals surface area contributed by atoms with E-state index in [9.17, 15) is 4.79 Å². The van der Waals surface area contributed by atoms with Crippen molar-refractivity contribution in [1.29, 1.82) is 0 Å². The number of aromatic amines is 1. The van der Waals surface area contributed by atoms with Gasteiger partial charge >= 0.3 is 0 Å². The molecule has 0 spiro atoms. The summed E-state index contributed by atoms with van der Waals surface area (Å²) in [5, 5.41) is 4.35. The first-order chi connectivity index (χ1) is 14.1. The van der Waals surface area contributed by atoms with Crippen molar-refractivity contribution in [2.24, 2.45) is 5.92 Å². The number of aromatic nitrogens is 3. The van der Waals surface area contributed by atoms with Gasteiger partial charge in [0.2, 0.25) is 11.9 Å². The van der Waals surface area contributed by atoms with Gasteiger partial charge in [-0.3, -0.25) is 9.69 Å². The summed E-state index contributed by atoms with van der Waals surface area (Å²) in [6.45, 7) is 3.16. The minimum absolute atomic E-state index is 0.0555.